The Bertz CT molecular complexity index is 446. The van der Waals surface area contributed by atoms with Gasteiger partial charge in [-0.05, 0) is 19.1 Å². The van der Waals surface area contributed by atoms with Gasteiger partial charge in [0, 0.05) is 5.56 Å². The number of ether oxygens (including phenoxy) is 1. The quantitative estimate of drug-likeness (QED) is 0.365. The molecule has 6 heteroatoms. The molecule has 1 aromatic rings. The highest BCUT2D eigenvalue weighted by Crippen LogP contribution is 2.24. The van der Waals surface area contributed by atoms with E-state index in [1.807, 2.05) is 0 Å². The van der Waals surface area contributed by atoms with Crippen molar-refractivity contribution in [2.24, 2.45) is 0 Å². The second-order valence-corrected chi connectivity index (χ2v) is 3.61. The van der Waals surface area contributed by atoms with Gasteiger partial charge in [-0.25, -0.2) is 9.18 Å². The van der Waals surface area contributed by atoms with Crippen LogP contribution in [0.4, 0.5) is 4.39 Å². The maximum absolute atomic E-state index is 12.9. The fourth-order valence-electron chi connectivity index (χ4n) is 1.00. The van der Waals surface area contributed by atoms with Crippen LogP contribution >= 0.6 is 23.2 Å². The van der Waals surface area contributed by atoms with Crippen LogP contribution in [0, 0.1) is 5.82 Å². The van der Waals surface area contributed by atoms with Gasteiger partial charge in [0.1, 0.15) is 5.82 Å². The molecule has 0 spiro atoms. The van der Waals surface area contributed by atoms with Crippen LogP contribution in [0.2, 0.25) is 10.0 Å². The minimum absolute atomic E-state index is 0.0666. The third-order valence-electron chi connectivity index (χ3n) is 1.72. The predicted octanol–water partition coefficient (Wildman–Crippen LogP) is 2.88. The van der Waals surface area contributed by atoms with E-state index in [-0.39, 0.29) is 22.2 Å². The van der Waals surface area contributed by atoms with Crippen LogP contribution < -0.4 is 0 Å². The fourth-order valence-corrected chi connectivity index (χ4v) is 1.40. The summed E-state index contributed by atoms with van der Waals surface area (Å²) in [6.07, 6.45) is 0. The molecular formula is C10H7Cl2FO3. The summed E-state index contributed by atoms with van der Waals surface area (Å²) in [6.45, 7) is 1.63. The van der Waals surface area contributed by atoms with Crippen LogP contribution in [0.1, 0.15) is 17.3 Å². The van der Waals surface area contributed by atoms with Crippen LogP contribution in [-0.4, -0.2) is 18.4 Å². The van der Waals surface area contributed by atoms with Gasteiger partial charge in [0.15, 0.2) is 0 Å². The molecule has 0 aliphatic carbocycles. The van der Waals surface area contributed by atoms with Crippen molar-refractivity contribution in [1.29, 1.82) is 0 Å². The Hall–Kier alpha value is -1.13. The lowest BCUT2D eigenvalue weighted by molar-refractivity contribution is -0.137. The van der Waals surface area contributed by atoms with Gasteiger partial charge in [0.25, 0.3) is 5.78 Å². The molecule has 16 heavy (non-hydrogen) atoms. The minimum Gasteiger partial charge on any atom is -0.460 e. The third kappa shape index (κ3) is 2.71. The number of Topliss-reactive ketones (excluding diaryl/α,β-unsaturated/α-hetero) is 1. The van der Waals surface area contributed by atoms with Crippen LogP contribution in [0.5, 0.6) is 0 Å². The van der Waals surface area contributed by atoms with Crippen molar-refractivity contribution < 1.29 is 18.7 Å². The summed E-state index contributed by atoms with van der Waals surface area (Å²) in [5.74, 6) is -2.76. The highest BCUT2D eigenvalue weighted by molar-refractivity contribution is 6.46. The monoisotopic (exact) mass is 264 g/mol. The van der Waals surface area contributed by atoms with Gasteiger partial charge >= 0.3 is 5.97 Å². The fraction of sp³-hybridized carbons (Fsp3) is 0.200. The number of carbonyl (C=O) groups excluding carboxylic acids is 2. The first-order valence-electron chi connectivity index (χ1n) is 4.33. The zero-order valence-corrected chi connectivity index (χ0v) is 9.73. The standard InChI is InChI=1S/C10H7Cl2FO3/c1-2-16-10(15)9(14)5-3-7(12)8(13)4-6(5)11/h3-4H,2H2,1H3. The first kappa shape index (κ1) is 12.9. The minimum atomic E-state index is -1.05. The Morgan fingerprint density at radius 2 is 1.94 bits per heavy atom. The Labute approximate surface area is 101 Å². The molecule has 0 N–H and O–H groups in total. The molecule has 0 aromatic heterocycles. The number of benzene rings is 1. The smallest absolute Gasteiger partial charge is 0.379 e. The lowest BCUT2D eigenvalue weighted by Crippen LogP contribution is -2.18. The normalized spacial score (nSPS) is 10.0. The van der Waals surface area contributed by atoms with Gasteiger partial charge < -0.3 is 4.74 Å². The predicted molar refractivity (Wildman–Crippen MR) is 57.4 cm³/mol. The van der Waals surface area contributed by atoms with E-state index in [0.717, 1.165) is 12.1 Å². The molecule has 0 fully saturated rings. The van der Waals surface area contributed by atoms with Crippen LogP contribution in [0.3, 0.4) is 0 Å². The molecule has 0 aliphatic heterocycles. The molecule has 0 unspecified atom stereocenters. The van der Waals surface area contributed by atoms with Crippen LogP contribution in [0.25, 0.3) is 0 Å². The highest BCUT2D eigenvalue weighted by atomic mass is 35.5. The summed E-state index contributed by atoms with van der Waals surface area (Å²) >= 11 is 11.1. The van der Waals surface area contributed by atoms with E-state index < -0.39 is 17.6 Å². The number of carbonyl (C=O) groups is 2. The highest BCUT2D eigenvalue weighted by Gasteiger charge is 2.21. The van der Waals surface area contributed by atoms with Crippen molar-refractivity contribution in [3.05, 3.63) is 33.6 Å². The summed E-state index contributed by atoms with van der Waals surface area (Å²) < 4.78 is 17.4. The first-order valence-corrected chi connectivity index (χ1v) is 5.09. The molecule has 0 heterocycles. The van der Waals surface area contributed by atoms with E-state index in [0.29, 0.717) is 0 Å². The van der Waals surface area contributed by atoms with Gasteiger partial charge in [0.2, 0.25) is 0 Å². The SMILES string of the molecule is CCOC(=O)C(=O)c1cc(Cl)c(F)cc1Cl. The Morgan fingerprint density at radius 1 is 1.31 bits per heavy atom. The van der Waals surface area contributed by atoms with E-state index in [1.54, 1.807) is 6.92 Å². The number of hydrogen-bond acceptors (Lipinski definition) is 3. The van der Waals surface area contributed by atoms with Crippen LogP contribution in [0.15, 0.2) is 12.1 Å². The van der Waals surface area contributed by atoms with Gasteiger partial charge in [-0.2, -0.15) is 0 Å². The summed E-state index contributed by atoms with van der Waals surface area (Å²) in [5, 5.41) is -0.461. The number of halogens is 3. The number of rotatable bonds is 3. The number of ketones is 1. The molecule has 0 aliphatic rings. The second-order valence-electron chi connectivity index (χ2n) is 2.80. The first-order chi connectivity index (χ1) is 7.47. The molecule has 0 saturated carbocycles. The summed E-state index contributed by atoms with van der Waals surface area (Å²) in [6, 6.07) is 1.87. The second kappa shape index (κ2) is 5.27. The largest absolute Gasteiger partial charge is 0.460 e. The Kier molecular flexibility index (Phi) is 4.26. The van der Waals surface area contributed by atoms with Crippen molar-refractivity contribution in [3.63, 3.8) is 0 Å². The number of hydrogen-bond donors (Lipinski definition) is 0. The van der Waals surface area contributed by atoms with Gasteiger partial charge in [-0.1, -0.05) is 23.2 Å². The molecule has 86 valence electrons. The van der Waals surface area contributed by atoms with Crippen molar-refractivity contribution >= 4 is 35.0 Å². The van der Waals surface area contributed by atoms with Gasteiger partial charge in [-0.3, -0.25) is 4.79 Å². The maximum atomic E-state index is 12.9. The van der Waals surface area contributed by atoms with Crippen LogP contribution in [-0.2, 0) is 9.53 Å². The molecule has 1 aromatic carbocycles. The average molecular weight is 265 g/mol. The van der Waals surface area contributed by atoms with Gasteiger partial charge in [0.05, 0.1) is 16.7 Å². The van der Waals surface area contributed by atoms with E-state index in [9.17, 15) is 14.0 Å². The molecular weight excluding hydrogens is 258 g/mol. The molecule has 0 amide bonds. The molecule has 1 rings (SSSR count). The van der Waals surface area contributed by atoms with E-state index in [1.165, 1.54) is 0 Å². The molecule has 3 nitrogen and oxygen atoms in total. The van der Waals surface area contributed by atoms with E-state index >= 15 is 0 Å². The third-order valence-corrected chi connectivity index (χ3v) is 2.32. The van der Waals surface area contributed by atoms with Crippen molar-refractivity contribution in [3.8, 4) is 0 Å². The van der Waals surface area contributed by atoms with Crippen molar-refractivity contribution in [2.75, 3.05) is 6.61 Å². The van der Waals surface area contributed by atoms with Crippen molar-refractivity contribution in [1.82, 2.24) is 0 Å². The van der Waals surface area contributed by atoms with Crippen molar-refractivity contribution in [2.45, 2.75) is 6.92 Å². The maximum Gasteiger partial charge on any atom is 0.379 e. The summed E-state index contributed by atoms with van der Waals surface area (Å²) in [7, 11) is 0. The Morgan fingerprint density at radius 3 is 2.50 bits per heavy atom. The molecule has 0 atom stereocenters. The zero-order valence-electron chi connectivity index (χ0n) is 8.22. The van der Waals surface area contributed by atoms with E-state index in [4.69, 9.17) is 23.2 Å². The topological polar surface area (TPSA) is 43.4 Å². The Balaban J connectivity index is 3.09. The zero-order chi connectivity index (χ0) is 12.3. The van der Waals surface area contributed by atoms with E-state index in [2.05, 4.69) is 4.74 Å². The average Bonchev–Trinajstić information content (AvgIpc) is 2.23. The molecule has 0 bridgehead atoms. The molecule has 0 radical (unpaired) electrons. The van der Waals surface area contributed by atoms with Gasteiger partial charge in [-0.15, -0.1) is 0 Å². The lowest BCUT2D eigenvalue weighted by Gasteiger charge is -2.04. The lowest BCUT2D eigenvalue weighted by atomic mass is 10.1. The summed E-state index contributed by atoms with van der Waals surface area (Å²) in [4.78, 5) is 22.6. The summed E-state index contributed by atoms with van der Waals surface area (Å²) in [5.41, 5.74) is -0.175. The molecule has 0 saturated heterocycles. The number of esters is 1.